The van der Waals surface area contributed by atoms with Crippen molar-refractivity contribution in [3.05, 3.63) is 23.8 Å². The topological polar surface area (TPSA) is 38.5 Å². The van der Waals surface area contributed by atoms with Crippen LogP contribution < -0.4 is 10.5 Å². The summed E-state index contributed by atoms with van der Waals surface area (Å²) in [6.07, 6.45) is 2.49. The van der Waals surface area contributed by atoms with E-state index in [4.69, 9.17) is 10.5 Å². The molecule has 0 aliphatic carbocycles. The highest BCUT2D eigenvalue weighted by atomic mass is 16.5. The Bertz CT molecular complexity index is 375. The number of rotatable bonds is 8. The van der Waals surface area contributed by atoms with E-state index >= 15 is 0 Å². The van der Waals surface area contributed by atoms with E-state index in [1.165, 1.54) is 18.4 Å². The van der Waals surface area contributed by atoms with Crippen LogP contribution in [0.25, 0.3) is 0 Å². The summed E-state index contributed by atoms with van der Waals surface area (Å²) in [6.45, 7) is 9.91. The Hall–Kier alpha value is -1.22. The SMILES string of the molecule is CCC(CC)CN(CC)Cc1cc(N)cc(OC)c1. The molecule has 3 nitrogen and oxygen atoms in total. The molecule has 2 N–H and O–H groups in total. The summed E-state index contributed by atoms with van der Waals surface area (Å²) in [6, 6.07) is 5.98. The molecule has 0 fully saturated rings. The molecular weight excluding hydrogens is 236 g/mol. The summed E-state index contributed by atoms with van der Waals surface area (Å²) in [4.78, 5) is 2.48. The predicted octanol–water partition coefficient (Wildman–Crippen LogP) is 3.54. The van der Waals surface area contributed by atoms with Gasteiger partial charge in [0.05, 0.1) is 7.11 Å². The lowest BCUT2D eigenvalue weighted by Gasteiger charge is -2.25. The third-order valence-corrected chi connectivity index (χ3v) is 3.75. The molecule has 1 aromatic carbocycles. The Kier molecular flexibility index (Phi) is 6.71. The average molecular weight is 264 g/mol. The normalized spacial score (nSPS) is 11.3. The van der Waals surface area contributed by atoms with Gasteiger partial charge in [-0.3, -0.25) is 4.90 Å². The van der Waals surface area contributed by atoms with Crippen molar-refractivity contribution in [1.29, 1.82) is 0 Å². The molecule has 3 heteroatoms. The van der Waals surface area contributed by atoms with Crippen LogP contribution in [0.1, 0.15) is 39.2 Å². The van der Waals surface area contributed by atoms with Gasteiger partial charge < -0.3 is 10.5 Å². The Morgan fingerprint density at radius 2 is 1.84 bits per heavy atom. The first-order chi connectivity index (χ1) is 9.12. The van der Waals surface area contributed by atoms with Crippen LogP contribution in [0.5, 0.6) is 5.75 Å². The Balaban J connectivity index is 2.72. The zero-order valence-corrected chi connectivity index (χ0v) is 12.8. The number of hydrogen-bond donors (Lipinski definition) is 1. The van der Waals surface area contributed by atoms with Crippen LogP contribution in [0.3, 0.4) is 0 Å². The van der Waals surface area contributed by atoms with E-state index in [9.17, 15) is 0 Å². The van der Waals surface area contributed by atoms with Crippen molar-refractivity contribution in [2.24, 2.45) is 5.92 Å². The van der Waals surface area contributed by atoms with Crippen molar-refractivity contribution < 1.29 is 4.74 Å². The minimum absolute atomic E-state index is 0.771. The van der Waals surface area contributed by atoms with E-state index in [2.05, 4.69) is 31.7 Å². The van der Waals surface area contributed by atoms with Crippen molar-refractivity contribution >= 4 is 5.69 Å². The third-order valence-electron chi connectivity index (χ3n) is 3.75. The van der Waals surface area contributed by atoms with Gasteiger partial charge in [0.1, 0.15) is 5.75 Å². The number of methoxy groups -OCH3 is 1. The second-order valence-corrected chi connectivity index (χ2v) is 5.12. The van der Waals surface area contributed by atoms with Gasteiger partial charge in [-0.25, -0.2) is 0 Å². The van der Waals surface area contributed by atoms with Crippen LogP contribution in [0.15, 0.2) is 18.2 Å². The summed E-state index contributed by atoms with van der Waals surface area (Å²) in [5.74, 6) is 1.62. The van der Waals surface area contributed by atoms with Gasteiger partial charge in [0, 0.05) is 24.8 Å². The quantitative estimate of drug-likeness (QED) is 0.730. The van der Waals surface area contributed by atoms with Gasteiger partial charge >= 0.3 is 0 Å². The summed E-state index contributed by atoms with van der Waals surface area (Å²) < 4.78 is 5.28. The van der Waals surface area contributed by atoms with Gasteiger partial charge in [-0.05, 0) is 30.2 Å². The van der Waals surface area contributed by atoms with E-state index in [0.717, 1.165) is 37.0 Å². The van der Waals surface area contributed by atoms with E-state index < -0.39 is 0 Å². The molecule has 19 heavy (non-hydrogen) atoms. The Morgan fingerprint density at radius 3 is 2.37 bits per heavy atom. The van der Waals surface area contributed by atoms with E-state index in [1.54, 1.807) is 7.11 Å². The molecular formula is C16H28N2O. The lowest BCUT2D eigenvalue weighted by molar-refractivity contribution is 0.226. The predicted molar refractivity (Wildman–Crippen MR) is 82.4 cm³/mol. The molecule has 0 aliphatic heterocycles. The first kappa shape index (κ1) is 15.8. The van der Waals surface area contributed by atoms with Crippen LogP contribution in [-0.2, 0) is 6.54 Å². The molecule has 0 aromatic heterocycles. The van der Waals surface area contributed by atoms with Gasteiger partial charge in [0.15, 0.2) is 0 Å². The highest BCUT2D eigenvalue weighted by molar-refractivity contribution is 5.47. The number of nitrogen functional groups attached to an aromatic ring is 1. The summed E-state index contributed by atoms with van der Waals surface area (Å²) >= 11 is 0. The Labute approximate surface area is 117 Å². The first-order valence-electron chi connectivity index (χ1n) is 7.28. The molecule has 0 spiro atoms. The van der Waals surface area contributed by atoms with Gasteiger partial charge in [-0.1, -0.05) is 33.6 Å². The molecule has 0 unspecified atom stereocenters. The lowest BCUT2D eigenvalue weighted by atomic mass is 10.0. The fraction of sp³-hybridized carbons (Fsp3) is 0.625. The summed E-state index contributed by atoms with van der Waals surface area (Å²) in [7, 11) is 1.68. The molecule has 1 aromatic rings. The molecule has 0 saturated heterocycles. The second kappa shape index (κ2) is 8.05. The number of anilines is 1. The minimum Gasteiger partial charge on any atom is -0.497 e. The monoisotopic (exact) mass is 264 g/mol. The van der Waals surface area contributed by atoms with Gasteiger partial charge in [-0.2, -0.15) is 0 Å². The smallest absolute Gasteiger partial charge is 0.121 e. The van der Waals surface area contributed by atoms with Crippen LogP contribution >= 0.6 is 0 Å². The molecule has 0 aliphatic rings. The van der Waals surface area contributed by atoms with E-state index in [-0.39, 0.29) is 0 Å². The molecule has 0 bridgehead atoms. The van der Waals surface area contributed by atoms with Crippen LogP contribution in [-0.4, -0.2) is 25.1 Å². The number of nitrogens with two attached hydrogens (primary N) is 1. The number of hydrogen-bond acceptors (Lipinski definition) is 3. The minimum atomic E-state index is 0.771. The standard InChI is InChI=1S/C16H28N2O/c1-5-13(6-2)11-18(7-3)12-14-8-15(17)10-16(9-14)19-4/h8-10,13H,5-7,11-12,17H2,1-4H3. The maximum atomic E-state index is 5.91. The second-order valence-electron chi connectivity index (χ2n) is 5.12. The fourth-order valence-electron chi connectivity index (χ4n) is 2.37. The summed E-state index contributed by atoms with van der Waals surface area (Å²) in [5.41, 5.74) is 7.91. The van der Waals surface area contributed by atoms with E-state index in [0.29, 0.717) is 0 Å². The maximum Gasteiger partial charge on any atom is 0.121 e. The molecule has 0 heterocycles. The molecule has 1 rings (SSSR count). The highest BCUT2D eigenvalue weighted by Gasteiger charge is 2.11. The largest absolute Gasteiger partial charge is 0.497 e. The van der Waals surface area contributed by atoms with Crippen molar-refractivity contribution in [1.82, 2.24) is 4.90 Å². The Morgan fingerprint density at radius 1 is 1.16 bits per heavy atom. The fourth-order valence-corrected chi connectivity index (χ4v) is 2.37. The van der Waals surface area contributed by atoms with Crippen LogP contribution in [0.4, 0.5) is 5.69 Å². The number of benzene rings is 1. The highest BCUT2D eigenvalue weighted by Crippen LogP contribution is 2.20. The zero-order chi connectivity index (χ0) is 14.3. The van der Waals surface area contributed by atoms with E-state index in [1.807, 2.05) is 12.1 Å². The third kappa shape index (κ3) is 5.11. The van der Waals surface area contributed by atoms with Crippen LogP contribution in [0, 0.1) is 5.92 Å². The van der Waals surface area contributed by atoms with Crippen molar-refractivity contribution in [2.75, 3.05) is 25.9 Å². The zero-order valence-electron chi connectivity index (χ0n) is 12.8. The first-order valence-corrected chi connectivity index (χ1v) is 7.28. The van der Waals surface area contributed by atoms with Crippen molar-refractivity contribution in [3.8, 4) is 5.75 Å². The van der Waals surface area contributed by atoms with Crippen molar-refractivity contribution in [2.45, 2.75) is 40.2 Å². The van der Waals surface area contributed by atoms with Gasteiger partial charge in [0.2, 0.25) is 0 Å². The maximum absolute atomic E-state index is 5.91. The molecule has 0 saturated carbocycles. The molecule has 0 radical (unpaired) electrons. The molecule has 108 valence electrons. The molecule has 0 atom stereocenters. The van der Waals surface area contributed by atoms with Crippen molar-refractivity contribution in [3.63, 3.8) is 0 Å². The van der Waals surface area contributed by atoms with Gasteiger partial charge in [-0.15, -0.1) is 0 Å². The van der Waals surface area contributed by atoms with Crippen LogP contribution in [0.2, 0.25) is 0 Å². The lowest BCUT2D eigenvalue weighted by Crippen LogP contribution is -2.28. The number of nitrogens with zero attached hydrogens (tertiary/aromatic N) is 1. The van der Waals surface area contributed by atoms with Gasteiger partial charge in [0.25, 0.3) is 0 Å². The molecule has 0 amide bonds. The average Bonchev–Trinajstić information content (AvgIpc) is 2.42. The summed E-state index contributed by atoms with van der Waals surface area (Å²) in [5, 5.41) is 0. The number of ether oxygens (including phenoxy) is 1.